The van der Waals surface area contributed by atoms with Gasteiger partial charge in [0.1, 0.15) is 0 Å². The number of hydrogen-bond acceptors (Lipinski definition) is 3. The van der Waals surface area contributed by atoms with Crippen molar-refractivity contribution in [1.82, 2.24) is 10.6 Å². The predicted molar refractivity (Wildman–Crippen MR) is 84.4 cm³/mol. The number of hydrogen-bond donors (Lipinski definition) is 2. The van der Waals surface area contributed by atoms with Crippen molar-refractivity contribution in [1.29, 1.82) is 0 Å². The number of carbonyl (C=O) groups excluding carboxylic acids is 1. The fourth-order valence-electron chi connectivity index (χ4n) is 2.77. The fourth-order valence-corrected chi connectivity index (χ4v) is 3.54. The highest BCUT2D eigenvalue weighted by atomic mass is 32.1. The minimum absolute atomic E-state index is 0.0434. The molecule has 4 heteroatoms. The Morgan fingerprint density at radius 1 is 1.40 bits per heavy atom. The van der Waals surface area contributed by atoms with Crippen molar-refractivity contribution in [2.45, 2.75) is 19.3 Å². The van der Waals surface area contributed by atoms with Gasteiger partial charge in [-0.3, -0.25) is 4.79 Å². The summed E-state index contributed by atoms with van der Waals surface area (Å²) in [7, 11) is 0. The van der Waals surface area contributed by atoms with Gasteiger partial charge < -0.3 is 10.6 Å². The maximum absolute atomic E-state index is 12.1. The third-order valence-electron chi connectivity index (χ3n) is 3.95. The van der Waals surface area contributed by atoms with Crippen LogP contribution in [0.25, 0.3) is 10.1 Å². The molecule has 1 aromatic heterocycles. The molecule has 1 atom stereocenters. The first-order chi connectivity index (χ1) is 9.83. The Hall–Kier alpha value is -1.39. The van der Waals surface area contributed by atoms with E-state index in [-0.39, 0.29) is 5.91 Å². The fraction of sp³-hybridized carbons (Fsp3) is 0.438. The zero-order valence-corrected chi connectivity index (χ0v) is 12.3. The molecule has 1 aromatic carbocycles. The molecule has 0 radical (unpaired) electrons. The summed E-state index contributed by atoms with van der Waals surface area (Å²) in [5, 5.41) is 9.66. The van der Waals surface area contributed by atoms with E-state index in [1.54, 1.807) is 11.3 Å². The van der Waals surface area contributed by atoms with E-state index in [0.717, 1.165) is 37.0 Å². The van der Waals surface area contributed by atoms with E-state index in [1.807, 2.05) is 18.2 Å². The lowest BCUT2D eigenvalue weighted by molar-refractivity contribution is 0.0951. The molecule has 3 rings (SSSR count). The van der Waals surface area contributed by atoms with Crippen molar-refractivity contribution in [3.63, 3.8) is 0 Å². The summed E-state index contributed by atoms with van der Waals surface area (Å²) < 4.78 is 1.23. The molecular formula is C16H20N2OS. The molecule has 0 bridgehead atoms. The number of amides is 1. The van der Waals surface area contributed by atoms with E-state index in [9.17, 15) is 4.79 Å². The molecule has 1 amide bonds. The molecule has 2 aromatic rings. The smallest absolute Gasteiger partial charge is 0.251 e. The first-order valence-corrected chi connectivity index (χ1v) is 8.17. The summed E-state index contributed by atoms with van der Waals surface area (Å²) in [6.07, 6.45) is 3.61. The van der Waals surface area contributed by atoms with Crippen LogP contribution in [0.5, 0.6) is 0 Å². The van der Waals surface area contributed by atoms with Crippen molar-refractivity contribution < 1.29 is 4.79 Å². The Morgan fingerprint density at radius 2 is 2.35 bits per heavy atom. The molecule has 20 heavy (non-hydrogen) atoms. The van der Waals surface area contributed by atoms with E-state index < -0.39 is 0 Å². The summed E-state index contributed by atoms with van der Waals surface area (Å²) >= 11 is 1.71. The Balaban J connectivity index is 1.53. The van der Waals surface area contributed by atoms with Gasteiger partial charge >= 0.3 is 0 Å². The molecule has 0 spiro atoms. The van der Waals surface area contributed by atoms with Crippen molar-refractivity contribution in [3.05, 3.63) is 35.2 Å². The number of piperidine rings is 1. The Kier molecular flexibility index (Phi) is 4.33. The molecule has 2 N–H and O–H groups in total. The zero-order valence-electron chi connectivity index (χ0n) is 11.5. The van der Waals surface area contributed by atoms with Gasteiger partial charge in [0, 0.05) is 16.8 Å². The van der Waals surface area contributed by atoms with Crippen LogP contribution in [0.15, 0.2) is 29.6 Å². The number of carbonyl (C=O) groups is 1. The van der Waals surface area contributed by atoms with E-state index >= 15 is 0 Å². The van der Waals surface area contributed by atoms with Crippen molar-refractivity contribution in [2.24, 2.45) is 5.92 Å². The third kappa shape index (κ3) is 3.19. The maximum Gasteiger partial charge on any atom is 0.251 e. The van der Waals surface area contributed by atoms with Crippen LogP contribution in [0.3, 0.4) is 0 Å². The third-order valence-corrected chi connectivity index (χ3v) is 4.85. The minimum atomic E-state index is 0.0434. The first kappa shape index (κ1) is 13.6. The quantitative estimate of drug-likeness (QED) is 0.908. The van der Waals surface area contributed by atoms with Crippen LogP contribution in [-0.4, -0.2) is 25.5 Å². The second-order valence-corrected chi connectivity index (χ2v) is 6.38. The molecule has 1 unspecified atom stereocenters. The Morgan fingerprint density at radius 3 is 3.20 bits per heavy atom. The second-order valence-electron chi connectivity index (χ2n) is 5.43. The molecule has 1 saturated heterocycles. The molecule has 1 aliphatic rings. The van der Waals surface area contributed by atoms with Gasteiger partial charge in [-0.25, -0.2) is 0 Å². The van der Waals surface area contributed by atoms with Crippen LogP contribution in [0.1, 0.15) is 29.6 Å². The van der Waals surface area contributed by atoms with Crippen LogP contribution in [0.4, 0.5) is 0 Å². The summed E-state index contributed by atoms with van der Waals surface area (Å²) in [5.41, 5.74) is 0.762. The molecule has 1 fully saturated rings. The van der Waals surface area contributed by atoms with E-state index in [2.05, 4.69) is 22.1 Å². The van der Waals surface area contributed by atoms with Gasteiger partial charge in [-0.2, -0.15) is 0 Å². The number of fused-ring (bicyclic) bond motifs is 1. The van der Waals surface area contributed by atoms with Crippen molar-refractivity contribution in [3.8, 4) is 0 Å². The average molecular weight is 288 g/mol. The van der Waals surface area contributed by atoms with Gasteiger partial charge in [0.05, 0.1) is 0 Å². The highest BCUT2D eigenvalue weighted by Crippen LogP contribution is 2.21. The summed E-state index contributed by atoms with van der Waals surface area (Å²) in [6, 6.07) is 7.98. The highest BCUT2D eigenvalue weighted by molar-refractivity contribution is 7.17. The zero-order chi connectivity index (χ0) is 13.8. The largest absolute Gasteiger partial charge is 0.352 e. The van der Waals surface area contributed by atoms with Crippen LogP contribution in [0, 0.1) is 5.92 Å². The van der Waals surface area contributed by atoms with Gasteiger partial charge in [-0.05, 0) is 73.3 Å². The topological polar surface area (TPSA) is 41.1 Å². The van der Waals surface area contributed by atoms with Crippen LogP contribution in [0.2, 0.25) is 0 Å². The first-order valence-electron chi connectivity index (χ1n) is 7.29. The summed E-state index contributed by atoms with van der Waals surface area (Å²) in [5.74, 6) is 0.755. The van der Waals surface area contributed by atoms with Crippen LogP contribution in [-0.2, 0) is 0 Å². The Bertz CT molecular complexity index is 587. The summed E-state index contributed by atoms with van der Waals surface area (Å²) in [6.45, 7) is 3.01. The molecule has 0 aliphatic carbocycles. The monoisotopic (exact) mass is 288 g/mol. The minimum Gasteiger partial charge on any atom is -0.352 e. The van der Waals surface area contributed by atoms with E-state index in [0.29, 0.717) is 5.92 Å². The normalized spacial score (nSPS) is 19.1. The lowest BCUT2D eigenvalue weighted by Gasteiger charge is -2.22. The lowest BCUT2D eigenvalue weighted by Crippen LogP contribution is -2.33. The summed E-state index contributed by atoms with van der Waals surface area (Å²) in [4.78, 5) is 12.1. The SMILES string of the molecule is O=C(NCCC1CCCNC1)c1ccc2sccc2c1. The second kappa shape index (κ2) is 6.37. The van der Waals surface area contributed by atoms with Crippen LogP contribution < -0.4 is 10.6 Å². The molecule has 1 aliphatic heterocycles. The van der Waals surface area contributed by atoms with Gasteiger partial charge in [0.2, 0.25) is 0 Å². The van der Waals surface area contributed by atoms with Crippen molar-refractivity contribution >= 4 is 27.3 Å². The molecule has 2 heterocycles. The van der Waals surface area contributed by atoms with Gasteiger partial charge in [-0.15, -0.1) is 11.3 Å². The van der Waals surface area contributed by atoms with Gasteiger partial charge in [-0.1, -0.05) is 0 Å². The number of rotatable bonds is 4. The van der Waals surface area contributed by atoms with E-state index in [4.69, 9.17) is 0 Å². The van der Waals surface area contributed by atoms with Crippen LogP contribution >= 0.6 is 11.3 Å². The highest BCUT2D eigenvalue weighted by Gasteiger charge is 2.13. The van der Waals surface area contributed by atoms with Gasteiger partial charge in [0.15, 0.2) is 0 Å². The average Bonchev–Trinajstić information content (AvgIpc) is 2.95. The molecule has 3 nitrogen and oxygen atoms in total. The van der Waals surface area contributed by atoms with E-state index in [1.165, 1.54) is 17.5 Å². The maximum atomic E-state index is 12.1. The predicted octanol–water partition coefficient (Wildman–Crippen LogP) is 3.02. The van der Waals surface area contributed by atoms with Crippen molar-refractivity contribution in [2.75, 3.05) is 19.6 Å². The lowest BCUT2D eigenvalue weighted by atomic mass is 9.96. The standard InChI is InChI=1S/C16H20N2OS/c19-16(18-8-5-12-2-1-7-17-11-12)14-3-4-15-13(10-14)6-9-20-15/h3-4,6,9-10,12,17H,1-2,5,7-8,11H2,(H,18,19). The molecule has 106 valence electrons. The molecule has 0 saturated carbocycles. The molecular weight excluding hydrogens is 268 g/mol. The van der Waals surface area contributed by atoms with Gasteiger partial charge in [0.25, 0.3) is 5.91 Å². The Labute approximate surface area is 123 Å². The number of thiophene rings is 1. The number of nitrogens with one attached hydrogen (secondary N) is 2. The number of benzene rings is 1.